The number of hydrogen-bond donors (Lipinski definition) is 2. The topological polar surface area (TPSA) is 59.1 Å². The molecule has 0 unspecified atom stereocenters. The molecule has 0 aliphatic heterocycles. The second-order valence-corrected chi connectivity index (χ2v) is 6.42. The lowest BCUT2D eigenvalue weighted by molar-refractivity contribution is 0.242. The predicted molar refractivity (Wildman–Crippen MR) is 106 cm³/mol. The van der Waals surface area contributed by atoms with Gasteiger partial charge in [-0.2, -0.15) is 4.98 Å². The third kappa shape index (κ3) is 5.21. The van der Waals surface area contributed by atoms with Gasteiger partial charge in [-0.25, -0.2) is 4.98 Å². The minimum Gasteiger partial charge on any atom is -0.491 e. The van der Waals surface area contributed by atoms with E-state index in [4.69, 9.17) is 4.74 Å². The average molecular weight is 348 g/mol. The third-order valence-electron chi connectivity index (χ3n) is 3.69. The second kappa shape index (κ2) is 8.34. The number of hydrogen-bond acceptors (Lipinski definition) is 5. The highest BCUT2D eigenvalue weighted by Gasteiger charge is 2.02. The molecule has 1 aromatic heterocycles. The molecule has 1 heterocycles. The summed E-state index contributed by atoms with van der Waals surface area (Å²) in [6, 6.07) is 18.0. The molecule has 3 aromatic rings. The Morgan fingerprint density at radius 1 is 1.04 bits per heavy atom. The van der Waals surface area contributed by atoms with E-state index in [1.165, 1.54) is 11.1 Å². The van der Waals surface area contributed by atoms with Crippen LogP contribution in [0.3, 0.4) is 0 Å². The van der Waals surface area contributed by atoms with Gasteiger partial charge < -0.3 is 15.4 Å². The van der Waals surface area contributed by atoms with Gasteiger partial charge in [0.1, 0.15) is 11.6 Å². The van der Waals surface area contributed by atoms with Crippen molar-refractivity contribution in [2.24, 2.45) is 0 Å². The minimum absolute atomic E-state index is 0.160. The summed E-state index contributed by atoms with van der Waals surface area (Å²) in [4.78, 5) is 8.79. The van der Waals surface area contributed by atoms with Crippen molar-refractivity contribution in [1.82, 2.24) is 9.97 Å². The van der Waals surface area contributed by atoms with Gasteiger partial charge in [0.15, 0.2) is 0 Å². The number of benzene rings is 2. The van der Waals surface area contributed by atoms with E-state index in [2.05, 4.69) is 51.8 Å². The van der Waals surface area contributed by atoms with Crippen LogP contribution in [0.1, 0.15) is 25.0 Å². The van der Waals surface area contributed by atoms with E-state index >= 15 is 0 Å². The lowest BCUT2D eigenvalue weighted by Crippen LogP contribution is -2.06. The summed E-state index contributed by atoms with van der Waals surface area (Å²) in [7, 11) is 0. The zero-order chi connectivity index (χ0) is 18.4. The first kappa shape index (κ1) is 17.7. The molecule has 0 amide bonds. The first-order valence-corrected chi connectivity index (χ1v) is 8.75. The predicted octanol–water partition coefficient (Wildman–Crippen LogP) is 4.93. The summed E-state index contributed by atoms with van der Waals surface area (Å²) in [5.41, 5.74) is 3.38. The first-order chi connectivity index (χ1) is 12.6. The number of nitrogens with zero attached hydrogens (tertiary/aromatic N) is 2. The maximum Gasteiger partial charge on any atom is 0.229 e. The van der Waals surface area contributed by atoms with Crippen LogP contribution in [-0.2, 0) is 6.54 Å². The molecule has 2 aromatic carbocycles. The Hall–Kier alpha value is -3.08. The molecule has 0 saturated heterocycles. The maximum absolute atomic E-state index is 5.65. The lowest BCUT2D eigenvalue weighted by Gasteiger charge is -2.11. The van der Waals surface area contributed by atoms with Gasteiger partial charge in [0.25, 0.3) is 0 Å². The van der Waals surface area contributed by atoms with E-state index in [-0.39, 0.29) is 6.10 Å². The van der Waals surface area contributed by atoms with Crippen molar-refractivity contribution in [1.29, 1.82) is 0 Å². The molecule has 26 heavy (non-hydrogen) atoms. The fourth-order valence-electron chi connectivity index (χ4n) is 2.55. The van der Waals surface area contributed by atoms with Crippen LogP contribution >= 0.6 is 0 Å². The summed E-state index contributed by atoms with van der Waals surface area (Å²) in [6.07, 6.45) is 1.90. The van der Waals surface area contributed by atoms with Crippen LogP contribution in [0.2, 0.25) is 0 Å². The van der Waals surface area contributed by atoms with Gasteiger partial charge in [0, 0.05) is 18.4 Å². The lowest BCUT2D eigenvalue weighted by atomic mass is 10.1. The molecule has 0 spiro atoms. The van der Waals surface area contributed by atoms with Crippen LogP contribution in [0.5, 0.6) is 5.75 Å². The highest BCUT2D eigenvalue weighted by molar-refractivity contribution is 5.55. The van der Waals surface area contributed by atoms with Crippen LogP contribution in [-0.4, -0.2) is 16.1 Å². The number of anilines is 3. The molecular weight excluding hydrogens is 324 g/mol. The Morgan fingerprint density at radius 3 is 2.58 bits per heavy atom. The molecule has 0 fully saturated rings. The average Bonchev–Trinajstić information content (AvgIpc) is 2.62. The van der Waals surface area contributed by atoms with Crippen LogP contribution in [0, 0.1) is 6.92 Å². The van der Waals surface area contributed by atoms with Crippen molar-refractivity contribution in [3.05, 3.63) is 71.9 Å². The van der Waals surface area contributed by atoms with E-state index in [0.29, 0.717) is 5.95 Å². The standard InChI is InChI=1S/C21H24N4O/c1-15(2)26-19-9-7-18(8-10-19)24-21-22-12-11-20(25-21)23-14-17-6-4-5-16(3)13-17/h4-13,15H,14H2,1-3H3,(H2,22,23,24,25). The zero-order valence-corrected chi connectivity index (χ0v) is 15.4. The Labute approximate surface area is 154 Å². The van der Waals surface area contributed by atoms with E-state index < -0.39 is 0 Å². The Kier molecular flexibility index (Phi) is 5.69. The number of aromatic nitrogens is 2. The van der Waals surface area contributed by atoms with Crippen LogP contribution in [0.15, 0.2) is 60.8 Å². The van der Waals surface area contributed by atoms with Crippen molar-refractivity contribution in [3.63, 3.8) is 0 Å². The first-order valence-electron chi connectivity index (χ1n) is 8.75. The Morgan fingerprint density at radius 2 is 1.85 bits per heavy atom. The van der Waals surface area contributed by atoms with E-state index in [1.54, 1.807) is 6.20 Å². The molecule has 3 rings (SSSR count). The summed E-state index contributed by atoms with van der Waals surface area (Å²) in [5.74, 6) is 2.18. The van der Waals surface area contributed by atoms with E-state index in [1.807, 2.05) is 44.2 Å². The number of rotatable bonds is 7. The minimum atomic E-state index is 0.160. The highest BCUT2D eigenvalue weighted by Crippen LogP contribution is 2.19. The quantitative estimate of drug-likeness (QED) is 0.634. The molecule has 5 heteroatoms. The molecule has 0 aliphatic rings. The molecule has 0 saturated carbocycles. The largest absolute Gasteiger partial charge is 0.491 e. The molecule has 0 bridgehead atoms. The monoisotopic (exact) mass is 348 g/mol. The van der Waals surface area contributed by atoms with Gasteiger partial charge >= 0.3 is 0 Å². The highest BCUT2D eigenvalue weighted by atomic mass is 16.5. The van der Waals surface area contributed by atoms with Crippen LogP contribution in [0.25, 0.3) is 0 Å². The van der Waals surface area contributed by atoms with Crippen molar-refractivity contribution in [3.8, 4) is 5.75 Å². The third-order valence-corrected chi connectivity index (χ3v) is 3.69. The van der Waals surface area contributed by atoms with Crippen molar-refractivity contribution < 1.29 is 4.74 Å². The number of ether oxygens (including phenoxy) is 1. The van der Waals surface area contributed by atoms with Gasteiger partial charge in [0.2, 0.25) is 5.95 Å². The van der Waals surface area contributed by atoms with Gasteiger partial charge in [-0.3, -0.25) is 0 Å². The van der Waals surface area contributed by atoms with Crippen LogP contribution < -0.4 is 15.4 Å². The molecule has 5 nitrogen and oxygen atoms in total. The Bertz CT molecular complexity index is 847. The number of aryl methyl sites for hydroxylation is 1. The Balaban J connectivity index is 1.61. The van der Waals surface area contributed by atoms with Crippen molar-refractivity contribution in [2.75, 3.05) is 10.6 Å². The fraction of sp³-hybridized carbons (Fsp3) is 0.238. The molecule has 2 N–H and O–H groups in total. The van der Waals surface area contributed by atoms with Gasteiger partial charge in [-0.1, -0.05) is 29.8 Å². The van der Waals surface area contributed by atoms with Gasteiger partial charge in [-0.15, -0.1) is 0 Å². The molecule has 0 atom stereocenters. The van der Waals surface area contributed by atoms with Gasteiger partial charge in [0.05, 0.1) is 6.10 Å². The summed E-state index contributed by atoms with van der Waals surface area (Å²) in [5, 5.41) is 6.55. The molecule has 134 valence electrons. The zero-order valence-electron chi connectivity index (χ0n) is 15.4. The molecular formula is C21H24N4O. The summed E-state index contributed by atoms with van der Waals surface area (Å²) >= 11 is 0. The van der Waals surface area contributed by atoms with Gasteiger partial charge in [-0.05, 0) is 56.7 Å². The van der Waals surface area contributed by atoms with Crippen molar-refractivity contribution in [2.45, 2.75) is 33.4 Å². The number of nitrogens with one attached hydrogen (secondary N) is 2. The maximum atomic E-state index is 5.65. The van der Waals surface area contributed by atoms with Crippen molar-refractivity contribution >= 4 is 17.5 Å². The summed E-state index contributed by atoms with van der Waals surface area (Å²) in [6.45, 7) is 6.83. The SMILES string of the molecule is Cc1cccc(CNc2ccnc(Nc3ccc(OC(C)C)cc3)n2)c1. The molecule has 0 radical (unpaired) electrons. The van der Waals surface area contributed by atoms with E-state index in [0.717, 1.165) is 23.8 Å². The fourth-order valence-corrected chi connectivity index (χ4v) is 2.55. The smallest absolute Gasteiger partial charge is 0.229 e. The molecule has 0 aliphatic carbocycles. The van der Waals surface area contributed by atoms with Crippen LogP contribution in [0.4, 0.5) is 17.5 Å². The normalized spacial score (nSPS) is 10.6. The van der Waals surface area contributed by atoms with E-state index in [9.17, 15) is 0 Å². The summed E-state index contributed by atoms with van der Waals surface area (Å²) < 4.78 is 5.65. The second-order valence-electron chi connectivity index (χ2n) is 6.42.